The number of nitrogens with zero attached hydrogens (tertiary/aromatic N) is 1. The number of benzene rings is 2. The molecule has 26 heavy (non-hydrogen) atoms. The molecule has 2 rings (SSSR count). The largest absolute Gasteiger partial charge is 0.490 e. The van der Waals surface area contributed by atoms with Crippen molar-refractivity contribution in [2.45, 2.75) is 26.8 Å². The van der Waals surface area contributed by atoms with Crippen molar-refractivity contribution in [1.29, 1.82) is 0 Å². The Kier molecular flexibility index (Phi) is 8.36. The molecule has 0 bridgehead atoms. The van der Waals surface area contributed by atoms with Gasteiger partial charge in [0.25, 0.3) is 0 Å². The minimum atomic E-state index is 0.415. The molecule has 0 unspecified atom stereocenters. The molecule has 0 aromatic heterocycles. The molecule has 0 atom stereocenters. The van der Waals surface area contributed by atoms with Gasteiger partial charge < -0.3 is 14.9 Å². The monoisotopic (exact) mass is 414 g/mol. The van der Waals surface area contributed by atoms with Crippen molar-refractivity contribution in [2.24, 2.45) is 5.10 Å². The lowest BCUT2D eigenvalue weighted by atomic mass is 10.2. The molecule has 140 valence electrons. The maximum absolute atomic E-state index is 6.33. The second kappa shape index (κ2) is 10.5. The van der Waals surface area contributed by atoms with Crippen LogP contribution in [0.5, 0.6) is 11.5 Å². The third-order valence-corrected chi connectivity index (χ3v) is 4.39. The Balaban J connectivity index is 2.09. The molecule has 0 saturated heterocycles. The number of hydrazone groups is 1. The van der Waals surface area contributed by atoms with E-state index in [9.17, 15) is 0 Å². The van der Waals surface area contributed by atoms with Gasteiger partial charge in [0, 0.05) is 15.6 Å². The molecule has 0 aliphatic rings. The van der Waals surface area contributed by atoms with Crippen LogP contribution in [-0.2, 0) is 6.54 Å². The van der Waals surface area contributed by atoms with Crippen molar-refractivity contribution < 1.29 is 9.47 Å². The van der Waals surface area contributed by atoms with E-state index in [0.29, 0.717) is 46.3 Å². The Bertz CT molecular complexity index is 746. The van der Waals surface area contributed by atoms with Crippen LogP contribution in [0, 0.1) is 0 Å². The third-order valence-electron chi connectivity index (χ3n) is 3.40. The zero-order chi connectivity index (χ0) is 18.9. The van der Waals surface area contributed by atoms with E-state index < -0.39 is 0 Å². The first kappa shape index (κ1) is 20.7. The lowest BCUT2D eigenvalue weighted by Gasteiger charge is -2.13. The van der Waals surface area contributed by atoms with Crippen LogP contribution >= 0.6 is 34.8 Å². The summed E-state index contributed by atoms with van der Waals surface area (Å²) in [5.41, 5.74) is 4.52. The highest BCUT2D eigenvalue weighted by Gasteiger charge is 2.12. The Morgan fingerprint density at radius 2 is 1.77 bits per heavy atom. The van der Waals surface area contributed by atoms with E-state index in [1.165, 1.54) is 0 Å². The molecule has 0 radical (unpaired) electrons. The van der Waals surface area contributed by atoms with Gasteiger partial charge in [0.2, 0.25) is 0 Å². The Morgan fingerprint density at radius 1 is 1.04 bits per heavy atom. The minimum Gasteiger partial charge on any atom is -0.490 e. The Morgan fingerprint density at radius 3 is 2.42 bits per heavy atom. The van der Waals surface area contributed by atoms with E-state index >= 15 is 0 Å². The second-order valence-electron chi connectivity index (χ2n) is 5.40. The van der Waals surface area contributed by atoms with Gasteiger partial charge in [-0.05, 0) is 43.2 Å². The molecule has 4 nitrogen and oxygen atoms in total. The molecular weight excluding hydrogens is 395 g/mol. The van der Waals surface area contributed by atoms with Crippen LogP contribution < -0.4 is 14.9 Å². The van der Waals surface area contributed by atoms with Crippen LogP contribution in [0.2, 0.25) is 15.1 Å². The molecule has 0 fully saturated rings. The summed E-state index contributed by atoms with van der Waals surface area (Å²) < 4.78 is 11.3. The van der Waals surface area contributed by atoms with Gasteiger partial charge >= 0.3 is 0 Å². The maximum Gasteiger partial charge on any atom is 0.179 e. The van der Waals surface area contributed by atoms with Crippen LogP contribution in [0.25, 0.3) is 0 Å². The third kappa shape index (κ3) is 5.70. The number of hydrogen-bond acceptors (Lipinski definition) is 4. The lowest BCUT2D eigenvalue weighted by Crippen LogP contribution is -2.07. The average molecular weight is 416 g/mol. The SMILES string of the molecule is CCCOc1c(Cl)cc(/C=N/NCc2c(Cl)cccc2Cl)cc1OCC. The summed E-state index contributed by atoms with van der Waals surface area (Å²) in [6, 6.07) is 9.00. The predicted octanol–water partition coefficient (Wildman–Crippen LogP) is 5.96. The van der Waals surface area contributed by atoms with Gasteiger partial charge in [0.15, 0.2) is 11.5 Å². The van der Waals surface area contributed by atoms with Crippen molar-refractivity contribution in [1.82, 2.24) is 5.43 Å². The molecule has 0 aliphatic carbocycles. The van der Waals surface area contributed by atoms with E-state index in [-0.39, 0.29) is 0 Å². The molecule has 7 heteroatoms. The van der Waals surface area contributed by atoms with Gasteiger partial charge in [0.05, 0.1) is 31.0 Å². The molecule has 0 heterocycles. The standard InChI is InChI=1S/C19H21Cl3N2O2/c1-3-8-26-19-17(22)9-13(10-18(19)25-4-2)11-23-24-12-14-15(20)6-5-7-16(14)21/h5-7,9-11,24H,3-4,8,12H2,1-2H3/b23-11+. The normalized spacial score (nSPS) is 11.0. The number of hydrogen-bond donors (Lipinski definition) is 1. The van der Waals surface area contributed by atoms with Crippen LogP contribution in [0.4, 0.5) is 0 Å². The molecule has 2 aromatic rings. The topological polar surface area (TPSA) is 42.8 Å². The first-order valence-electron chi connectivity index (χ1n) is 8.34. The molecule has 1 N–H and O–H groups in total. The van der Waals surface area contributed by atoms with Crippen LogP contribution in [0.3, 0.4) is 0 Å². The smallest absolute Gasteiger partial charge is 0.179 e. The summed E-state index contributed by atoms with van der Waals surface area (Å²) in [5, 5.41) is 5.89. The van der Waals surface area contributed by atoms with Gasteiger partial charge in [-0.2, -0.15) is 5.10 Å². The Hall–Kier alpha value is -1.62. The van der Waals surface area contributed by atoms with Gasteiger partial charge in [-0.25, -0.2) is 0 Å². The van der Waals surface area contributed by atoms with E-state index in [4.69, 9.17) is 44.3 Å². The van der Waals surface area contributed by atoms with Crippen molar-refractivity contribution in [3.05, 3.63) is 56.5 Å². The van der Waals surface area contributed by atoms with Gasteiger partial charge in [-0.1, -0.05) is 47.8 Å². The highest BCUT2D eigenvalue weighted by atomic mass is 35.5. The zero-order valence-electron chi connectivity index (χ0n) is 14.7. The molecule has 0 aliphatic heterocycles. The number of halogens is 3. The van der Waals surface area contributed by atoms with E-state index in [2.05, 4.69) is 10.5 Å². The summed E-state index contributed by atoms with van der Waals surface area (Å²) in [6.45, 7) is 5.45. The molecule has 0 spiro atoms. The summed E-state index contributed by atoms with van der Waals surface area (Å²) in [5.74, 6) is 1.16. The summed E-state index contributed by atoms with van der Waals surface area (Å²) >= 11 is 18.6. The summed E-state index contributed by atoms with van der Waals surface area (Å²) in [6.07, 6.45) is 2.54. The maximum atomic E-state index is 6.33. The fourth-order valence-electron chi connectivity index (χ4n) is 2.22. The number of nitrogens with one attached hydrogen (secondary N) is 1. The predicted molar refractivity (Wildman–Crippen MR) is 109 cm³/mol. The fraction of sp³-hybridized carbons (Fsp3) is 0.316. The lowest BCUT2D eigenvalue weighted by molar-refractivity contribution is 0.277. The van der Waals surface area contributed by atoms with Crippen molar-refractivity contribution in [3.8, 4) is 11.5 Å². The minimum absolute atomic E-state index is 0.415. The van der Waals surface area contributed by atoms with E-state index in [1.54, 1.807) is 30.5 Å². The van der Waals surface area contributed by atoms with Crippen LogP contribution in [0.15, 0.2) is 35.4 Å². The fourth-order valence-corrected chi connectivity index (χ4v) is 3.02. The highest BCUT2D eigenvalue weighted by molar-refractivity contribution is 6.36. The Labute approximate surface area is 169 Å². The van der Waals surface area contributed by atoms with Gasteiger partial charge in [0.1, 0.15) is 0 Å². The molecule has 2 aromatic carbocycles. The molecule has 0 saturated carbocycles. The van der Waals surface area contributed by atoms with Gasteiger partial charge in [-0.3, -0.25) is 0 Å². The molecule has 0 amide bonds. The average Bonchev–Trinajstić information content (AvgIpc) is 2.60. The van der Waals surface area contributed by atoms with Crippen molar-refractivity contribution >= 4 is 41.0 Å². The van der Waals surface area contributed by atoms with Crippen LogP contribution in [-0.4, -0.2) is 19.4 Å². The molecular formula is C19H21Cl3N2O2. The number of rotatable bonds is 9. The number of ether oxygens (including phenoxy) is 2. The van der Waals surface area contributed by atoms with Gasteiger partial charge in [-0.15, -0.1) is 0 Å². The summed E-state index contributed by atoms with van der Waals surface area (Å²) in [4.78, 5) is 0. The van der Waals surface area contributed by atoms with Crippen molar-refractivity contribution in [3.63, 3.8) is 0 Å². The highest BCUT2D eigenvalue weighted by Crippen LogP contribution is 2.36. The quantitative estimate of drug-likeness (QED) is 0.406. The van der Waals surface area contributed by atoms with E-state index in [0.717, 1.165) is 17.5 Å². The van der Waals surface area contributed by atoms with Crippen molar-refractivity contribution in [2.75, 3.05) is 13.2 Å². The first-order chi connectivity index (χ1) is 12.6. The first-order valence-corrected chi connectivity index (χ1v) is 9.48. The summed E-state index contributed by atoms with van der Waals surface area (Å²) in [7, 11) is 0. The second-order valence-corrected chi connectivity index (χ2v) is 6.63. The van der Waals surface area contributed by atoms with Crippen LogP contribution in [0.1, 0.15) is 31.4 Å². The van der Waals surface area contributed by atoms with E-state index in [1.807, 2.05) is 19.9 Å². The zero-order valence-corrected chi connectivity index (χ0v) is 17.0.